The molecule has 0 amide bonds. The second kappa shape index (κ2) is 5.33. The van der Waals surface area contributed by atoms with Crippen LogP contribution in [0.15, 0.2) is 29.2 Å². The van der Waals surface area contributed by atoms with Crippen molar-refractivity contribution in [2.24, 2.45) is 5.73 Å². The molecule has 0 spiro atoms. The van der Waals surface area contributed by atoms with E-state index < -0.39 is 10.0 Å². The van der Waals surface area contributed by atoms with Crippen LogP contribution < -0.4 is 10.5 Å². The van der Waals surface area contributed by atoms with Crippen molar-refractivity contribution < 1.29 is 8.42 Å². The quantitative estimate of drug-likeness (QED) is 0.817. The van der Waals surface area contributed by atoms with Crippen molar-refractivity contribution in [3.05, 3.63) is 29.8 Å². The van der Waals surface area contributed by atoms with Gasteiger partial charge in [0.1, 0.15) is 0 Å². The smallest absolute Gasteiger partial charge is 0.241 e. The summed E-state index contributed by atoms with van der Waals surface area (Å²) in [5.74, 6) is 5.56. The molecule has 1 aliphatic carbocycles. The Morgan fingerprint density at radius 1 is 1.42 bits per heavy atom. The number of benzene rings is 1. The Morgan fingerprint density at radius 3 is 2.74 bits per heavy atom. The molecule has 0 radical (unpaired) electrons. The topological polar surface area (TPSA) is 72.2 Å². The minimum absolute atomic E-state index is 0.254. The van der Waals surface area contributed by atoms with Gasteiger partial charge in [-0.2, -0.15) is 0 Å². The predicted molar refractivity (Wildman–Crippen MR) is 75.0 cm³/mol. The van der Waals surface area contributed by atoms with E-state index in [0.29, 0.717) is 5.56 Å². The molecule has 102 valence electrons. The highest BCUT2D eigenvalue weighted by molar-refractivity contribution is 7.89. The molecular weight excluding hydrogens is 260 g/mol. The van der Waals surface area contributed by atoms with Crippen LogP contribution in [0.5, 0.6) is 0 Å². The van der Waals surface area contributed by atoms with Gasteiger partial charge in [0.25, 0.3) is 0 Å². The summed E-state index contributed by atoms with van der Waals surface area (Å²) in [6.07, 6.45) is 2.85. The van der Waals surface area contributed by atoms with Gasteiger partial charge in [-0.15, -0.1) is 0 Å². The van der Waals surface area contributed by atoms with Crippen LogP contribution in [0.4, 0.5) is 0 Å². The summed E-state index contributed by atoms with van der Waals surface area (Å²) >= 11 is 0. The highest BCUT2D eigenvalue weighted by Crippen LogP contribution is 2.32. The molecule has 1 saturated carbocycles. The van der Waals surface area contributed by atoms with Crippen LogP contribution in [0.1, 0.15) is 31.7 Å². The summed E-state index contributed by atoms with van der Waals surface area (Å²) in [6.45, 7) is 2.19. The number of hydrogen-bond acceptors (Lipinski definition) is 3. The first-order valence-corrected chi connectivity index (χ1v) is 7.77. The maximum Gasteiger partial charge on any atom is 0.241 e. The van der Waals surface area contributed by atoms with Crippen LogP contribution in [-0.4, -0.2) is 20.5 Å². The number of nitrogens with one attached hydrogen (secondary N) is 1. The van der Waals surface area contributed by atoms with E-state index in [9.17, 15) is 8.42 Å². The SMILES string of the molecule is CC1(NS(=O)(=O)c2cccc(C#CCN)c2)CCC1. The lowest BCUT2D eigenvalue weighted by Crippen LogP contribution is -2.50. The fourth-order valence-corrected chi connectivity index (χ4v) is 3.60. The monoisotopic (exact) mass is 278 g/mol. The van der Waals surface area contributed by atoms with E-state index in [0.717, 1.165) is 19.3 Å². The third-order valence-corrected chi connectivity index (χ3v) is 4.95. The van der Waals surface area contributed by atoms with Crippen molar-refractivity contribution in [2.45, 2.75) is 36.6 Å². The molecule has 0 unspecified atom stereocenters. The summed E-state index contributed by atoms with van der Waals surface area (Å²) in [5, 5.41) is 0. The van der Waals surface area contributed by atoms with Gasteiger partial charge in [0.05, 0.1) is 11.4 Å². The van der Waals surface area contributed by atoms with Gasteiger partial charge in [-0.25, -0.2) is 13.1 Å². The number of nitrogens with two attached hydrogens (primary N) is 1. The Hall–Kier alpha value is -1.35. The summed E-state index contributed by atoms with van der Waals surface area (Å²) in [6, 6.07) is 6.62. The van der Waals surface area contributed by atoms with Gasteiger partial charge < -0.3 is 5.73 Å². The Balaban J connectivity index is 2.25. The lowest BCUT2D eigenvalue weighted by molar-refractivity contribution is 0.248. The highest BCUT2D eigenvalue weighted by Gasteiger charge is 2.36. The molecule has 3 N–H and O–H groups in total. The van der Waals surface area contributed by atoms with Gasteiger partial charge in [0.15, 0.2) is 0 Å². The van der Waals surface area contributed by atoms with Crippen LogP contribution in [0.2, 0.25) is 0 Å². The number of rotatable bonds is 3. The standard InChI is InChI=1S/C14H18N2O2S/c1-14(8-4-9-14)16-19(17,18)13-7-2-5-12(11-13)6-3-10-15/h2,5,7,11,16H,4,8-10,15H2,1H3. The lowest BCUT2D eigenvalue weighted by Gasteiger charge is -2.38. The van der Waals surface area contributed by atoms with E-state index in [4.69, 9.17) is 5.73 Å². The van der Waals surface area contributed by atoms with E-state index >= 15 is 0 Å². The van der Waals surface area contributed by atoms with Crippen molar-refractivity contribution in [3.63, 3.8) is 0 Å². The maximum atomic E-state index is 12.3. The second-order valence-corrected chi connectivity index (χ2v) is 6.74. The molecule has 0 bridgehead atoms. The molecule has 5 heteroatoms. The first kappa shape index (κ1) is 14.1. The largest absolute Gasteiger partial charge is 0.320 e. The average Bonchev–Trinajstić information content (AvgIpc) is 2.34. The second-order valence-electron chi connectivity index (χ2n) is 5.05. The maximum absolute atomic E-state index is 12.3. The summed E-state index contributed by atoms with van der Waals surface area (Å²) in [7, 11) is -3.48. The van der Waals surface area contributed by atoms with Gasteiger partial charge >= 0.3 is 0 Å². The van der Waals surface area contributed by atoms with Crippen molar-refractivity contribution in [3.8, 4) is 11.8 Å². The third-order valence-electron chi connectivity index (χ3n) is 3.32. The average molecular weight is 278 g/mol. The van der Waals surface area contributed by atoms with Crippen LogP contribution >= 0.6 is 0 Å². The molecule has 1 aliphatic rings. The Bertz CT molecular complexity index is 622. The van der Waals surface area contributed by atoms with Crippen molar-refractivity contribution in [1.82, 2.24) is 4.72 Å². The lowest BCUT2D eigenvalue weighted by atomic mass is 9.80. The van der Waals surface area contributed by atoms with Crippen molar-refractivity contribution in [1.29, 1.82) is 0 Å². The van der Waals surface area contributed by atoms with Crippen molar-refractivity contribution in [2.75, 3.05) is 6.54 Å². The molecule has 2 rings (SSSR count). The van der Waals surface area contributed by atoms with E-state index in [1.165, 1.54) is 0 Å². The van der Waals surface area contributed by atoms with Gasteiger partial charge in [-0.1, -0.05) is 17.9 Å². The normalized spacial score (nSPS) is 17.2. The van der Waals surface area contributed by atoms with Gasteiger partial charge in [0, 0.05) is 11.1 Å². The third kappa shape index (κ3) is 3.35. The summed E-state index contributed by atoms with van der Waals surface area (Å²) in [4.78, 5) is 0.254. The number of sulfonamides is 1. The van der Waals surface area contributed by atoms with E-state index in [-0.39, 0.29) is 17.0 Å². The van der Waals surface area contributed by atoms with E-state index in [1.807, 2.05) is 6.92 Å². The molecule has 0 atom stereocenters. The minimum atomic E-state index is -3.48. The molecule has 1 fully saturated rings. The van der Waals surface area contributed by atoms with Crippen molar-refractivity contribution >= 4 is 10.0 Å². The molecule has 0 aliphatic heterocycles. The molecule has 19 heavy (non-hydrogen) atoms. The van der Waals surface area contributed by atoms with Crippen LogP contribution in [0.25, 0.3) is 0 Å². The van der Waals surface area contributed by atoms with Gasteiger partial charge in [-0.05, 0) is 44.4 Å². The van der Waals surface area contributed by atoms with Gasteiger partial charge in [0.2, 0.25) is 10.0 Å². The zero-order chi connectivity index (χ0) is 13.9. The molecule has 0 aromatic heterocycles. The van der Waals surface area contributed by atoms with Gasteiger partial charge in [-0.3, -0.25) is 0 Å². The fourth-order valence-electron chi connectivity index (χ4n) is 2.09. The molecular formula is C14H18N2O2S. The Morgan fingerprint density at radius 2 is 2.16 bits per heavy atom. The highest BCUT2D eigenvalue weighted by atomic mass is 32.2. The first-order valence-electron chi connectivity index (χ1n) is 6.28. The molecule has 4 nitrogen and oxygen atoms in total. The zero-order valence-electron chi connectivity index (χ0n) is 10.9. The minimum Gasteiger partial charge on any atom is -0.320 e. The first-order chi connectivity index (χ1) is 8.95. The van der Waals surface area contributed by atoms with Crippen LogP contribution in [0, 0.1) is 11.8 Å². The molecule has 1 aromatic carbocycles. The van der Waals surface area contributed by atoms with E-state index in [1.54, 1.807) is 24.3 Å². The van der Waals surface area contributed by atoms with E-state index in [2.05, 4.69) is 16.6 Å². The molecule has 0 saturated heterocycles. The van der Waals surface area contributed by atoms with Crippen LogP contribution in [-0.2, 0) is 10.0 Å². The molecule has 1 aromatic rings. The zero-order valence-corrected chi connectivity index (χ0v) is 11.8. The predicted octanol–water partition coefficient (Wildman–Crippen LogP) is 1.22. The number of hydrogen-bond donors (Lipinski definition) is 2. The van der Waals surface area contributed by atoms with Crippen LogP contribution in [0.3, 0.4) is 0 Å². The molecule has 0 heterocycles. The summed E-state index contributed by atoms with van der Waals surface area (Å²) in [5.41, 5.74) is 5.67. The Kier molecular flexibility index (Phi) is 3.95. The Labute approximate surface area is 114 Å². The summed E-state index contributed by atoms with van der Waals surface area (Å²) < 4.78 is 27.3. The fraction of sp³-hybridized carbons (Fsp3) is 0.429.